The van der Waals surface area contributed by atoms with E-state index in [-0.39, 0.29) is 0 Å². The van der Waals surface area contributed by atoms with Gasteiger partial charge in [-0.3, -0.25) is 0 Å². The molecule has 0 aliphatic carbocycles. The molecule has 0 atom stereocenters. The number of thiophene rings is 1. The number of hydrogen-bond donors (Lipinski definition) is 2. The Morgan fingerprint density at radius 1 is 1.06 bits per heavy atom. The molecule has 4 rings (SSSR count). The molecule has 3 aromatic rings. The molecule has 0 radical (unpaired) electrons. The zero-order valence-corrected chi connectivity index (χ0v) is 19.8. The Morgan fingerprint density at radius 2 is 1.79 bits per heavy atom. The number of fused-ring (bicyclic) bond motifs is 2. The summed E-state index contributed by atoms with van der Waals surface area (Å²) in [4.78, 5) is 33.3. The molecule has 0 bridgehead atoms. The van der Waals surface area contributed by atoms with Crippen LogP contribution >= 0.6 is 11.3 Å². The van der Waals surface area contributed by atoms with Crippen molar-refractivity contribution in [3.8, 4) is 0 Å². The number of benzene rings is 1. The number of pyridine rings is 1. The summed E-state index contributed by atoms with van der Waals surface area (Å²) >= 11 is 1.70. The fourth-order valence-corrected chi connectivity index (χ4v) is 4.06. The molecule has 0 saturated carbocycles. The monoisotopic (exact) mass is 478 g/mol. The third-order valence-electron chi connectivity index (χ3n) is 4.85. The Bertz CT molecular complexity index is 1170. The Kier molecular flexibility index (Phi) is 8.66. The Labute approximate surface area is 202 Å². The van der Waals surface area contributed by atoms with E-state index in [9.17, 15) is 9.59 Å². The predicted molar refractivity (Wildman–Crippen MR) is 135 cm³/mol. The van der Waals surface area contributed by atoms with Crippen LogP contribution in [0, 0.1) is 0 Å². The van der Waals surface area contributed by atoms with E-state index < -0.39 is 11.9 Å². The molecule has 8 nitrogen and oxygen atoms in total. The van der Waals surface area contributed by atoms with E-state index in [2.05, 4.69) is 76.0 Å². The summed E-state index contributed by atoms with van der Waals surface area (Å²) in [5, 5.41) is 19.9. The number of rotatable bonds is 7. The lowest BCUT2D eigenvalue weighted by atomic mass is 10.0. The van der Waals surface area contributed by atoms with Crippen molar-refractivity contribution in [3.05, 3.63) is 82.7 Å². The van der Waals surface area contributed by atoms with Crippen molar-refractivity contribution >= 4 is 46.2 Å². The van der Waals surface area contributed by atoms with E-state index in [4.69, 9.17) is 15.2 Å². The van der Waals surface area contributed by atoms with Gasteiger partial charge in [0.05, 0.1) is 11.4 Å². The Balaban J connectivity index is 0.000000350. The summed E-state index contributed by atoms with van der Waals surface area (Å²) < 4.78 is 0. The van der Waals surface area contributed by atoms with Gasteiger partial charge < -0.3 is 20.0 Å². The normalized spacial score (nSPS) is 12.3. The van der Waals surface area contributed by atoms with Crippen molar-refractivity contribution in [1.29, 1.82) is 0 Å². The van der Waals surface area contributed by atoms with Crippen molar-refractivity contribution in [2.45, 2.75) is 6.42 Å². The topological polar surface area (TPSA) is 106 Å². The third-order valence-corrected chi connectivity index (χ3v) is 5.54. The van der Waals surface area contributed by atoms with Crippen LogP contribution in [0.5, 0.6) is 0 Å². The molecule has 9 heteroatoms. The smallest absolute Gasteiger partial charge is 0.328 e. The minimum absolute atomic E-state index is 0.558. The highest BCUT2D eigenvalue weighted by molar-refractivity contribution is 7.08. The van der Waals surface area contributed by atoms with Crippen molar-refractivity contribution < 1.29 is 19.8 Å². The molecule has 0 spiro atoms. The number of hydrogen-bond acceptors (Lipinski definition) is 7. The standard InChI is InChI=1S/C21H22N4S.C4H4O4/c1-24(2)12-6-13-25-19-9-4-3-7-17(19)20(16-10-14-26-15-16)23-18-8-5-11-22-21(18)25;5-3(6)1-2-4(7)8/h3-5,7-11,14-15H,6,12-13H2,1-2H3;1-2H,(H,5,6)(H,7,8)/b;2-1+. The number of nitrogens with zero attached hydrogens (tertiary/aromatic N) is 4. The average molecular weight is 479 g/mol. The second kappa shape index (κ2) is 11.9. The lowest BCUT2D eigenvalue weighted by Gasteiger charge is -2.26. The van der Waals surface area contributed by atoms with Crippen molar-refractivity contribution in [2.24, 2.45) is 4.99 Å². The number of carboxylic acids is 2. The average Bonchev–Trinajstić information content (AvgIpc) is 3.30. The summed E-state index contributed by atoms with van der Waals surface area (Å²) in [5.74, 6) is -1.58. The van der Waals surface area contributed by atoms with Crippen LogP contribution in [0.3, 0.4) is 0 Å². The van der Waals surface area contributed by atoms with Gasteiger partial charge >= 0.3 is 11.9 Å². The van der Waals surface area contributed by atoms with Crippen molar-refractivity contribution in [1.82, 2.24) is 9.88 Å². The van der Waals surface area contributed by atoms with Crippen LogP contribution in [0.1, 0.15) is 17.5 Å². The lowest BCUT2D eigenvalue weighted by Crippen LogP contribution is -2.24. The summed E-state index contributed by atoms with van der Waals surface area (Å²) in [7, 11) is 4.22. The molecule has 0 amide bonds. The van der Waals surface area contributed by atoms with Gasteiger partial charge in [0, 0.05) is 41.4 Å². The van der Waals surface area contributed by atoms with Crippen LogP contribution in [-0.2, 0) is 9.59 Å². The zero-order valence-electron chi connectivity index (χ0n) is 19.0. The van der Waals surface area contributed by atoms with Gasteiger partial charge in [-0.1, -0.05) is 18.2 Å². The fraction of sp³-hybridized carbons (Fsp3) is 0.200. The van der Waals surface area contributed by atoms with Crippen molar-refractivity contribution in [3.63, 3.8) is 0 Å². The van der Waals surface area contributed by atoms with E-state index >= 15 is 0 Å². The van der Waals surface area contributed by atoms with Crippen LogP contribution in [0.15, 0.2) is 76.6 Å². The lowest BCUT2D eigenvalue weighted by molar-refractivity contribution is -0.134. The number of anilines is 2. The minimum atomic E-state index is -1.26. The molecule has 0 fully saturated rings. The van der Waals surface area contributed by atoms with Gasteiger partial charge in [-0.05, 0) is 56.7 Å². The number of aliphatic carboxylic acids is 2. The molecule has 176 valence electrons. The third kappa shape index (κ3) is 6.60. The summed E-state index contributed by atoms with van der Waals surface area (Å²) in [5.41, 5.74) is 5.44. The van der Waals surface area contributed by atoms with E-state index in [1.165, 1.54) is 5.69 Å². The van der Waals surface area contributed by atoms with E-state index in [1.54, 1.807) is 11.3 Å². The highest BCUT2D eigenvalue weighted by atomic mass is 32.1. The minimum Gasteiger partial charge on any atom is -0.478 e. The van der Waals surface area contributed by atoms with E-state index in [1.807, 2.05) is 12.3 Å². The SMILES string of the molecule is CN(C)CCCN1c2ccccc2C(c2ccsc2)=Nc2cccnc21.O=C(O)/C=C/C(=O)O. The van der Waals surface area contributed by atoms with E-state index in [0.29, 0.717) is 12.2 Å². The first kappa shape index (κ1) is 24.8. The summed E-state index contributed by atoms with van der Waals surface area (Å²) in [6, 6.07) is 14.7. The highest BCUT2D eigenvalue weighted by Crippen LogP contribution is 2.39. The van der Waals surface area contributed by atoms with Gasteiger partial charge in [0.15, 0.2) is 5.82 Å². The molecule has 2 N–H and O–H groups in total. The fourth-order valence-electron chi connectivity index (χ4n) is 3.42. The van der Waals surface area contributed by atoms with Crippen LogP contribution in [0.25, 0.3) is 0 Å². The van der Waals surface area contributed by atoms with Crippen LogP contribution in [-0.4, -0.2) is 64.9 Å². The van der Waals surface area contributed by atoms with Crippen LogP contribution in [0.2, 0.25) is 0 Å². The number of para-hydroxylation sites is 1. The second-order valence-corrected chi connectivity index (χ2v) is 8.43. The maximum atomic E-state index is 9.55. The molecular formula is C25H26N4O4S. The maximum Gasteiger partial charge on any atom is 0.328 e. The first-order chi connectivity index (χ1) is 16.4. The molecular weight excluding hydrogens is 452 g/mol. The molecule has 0 saturated heterocycles. The molecule has 2 aromatic heterocycles. The first-order valence-corrected chi connectivity index (χ1v) is 11.5. The maximum absolute atomic E-state index is 9.55. The second-order valence-electron chi connectivity index (χ2n) is 7.65. The molecule has 3 heterocycles. The van der Waals surface area contributed by atoms with Gasteiger partial charge in [-0.2, -0.15) is 11.3 Å². The quantitative estimate of drug-likeness (QED) is 0.484. The van der Waals surface area contributed by atoms with Gasteiger partial charge in [0.25, 0.3) is 0 Å². The Morgan fingerprint density at radius 3 is 2.44 bits per heavy atom. The molecule has 34 heavy (non-hydrogen) atoms. The molecule has 0 unspecified atom stereocenters. The van der Waals surface area contributed by atoms with Gasteiger partial charge in [0.1, 0.15) is 5.69 Å². The molecule has 1 aromatic carbocycles. The van der Waals surface area contributed by atoms with Gasteiger partial charge in [-0.15, -0.1) is 0 Å². The van der Waals surface area contributed by atoms with Gasteiger partial charge in [0.2, 0.25) is 0 Å². The molecule has 1 aliphatic rings. The van der Waals surface area contributed by atoms with E-state index in [0.717, 1.165) is 47.9 Å². The number of aromatic nitrogens is 1. The number of carbonyl (C=O) groups is 2. The number of carboxylic acid groups (broad SMARTS) is 2. The molecule has 1 aliphatic heterocycles. The largest absolute Gasteiger partial charge is 0.478 e. The number of aliphatic imine (C=N–C) groups is 1. The first-order valence-electron chi connectivity index (χ1n) is 10.6. The summed E-state index contributed by atoms with van der Waals surface area (Å²) in [6.45, 7) is 1.95. The predicted octanol–water partition coefficient (Wildman–Crippen LogP) is 4.43. The summed E-state index contributed by atoms with van der Waals surface area (Å²) in [6.07, 6.45) is 4.03. The van der Waals surface area contributed by atoms with Crippen LogP contribution in [0.4, 0.5) is 17.2 Å². The van der Waals surface area contributed by atoms with Crippen molar-refractivity contribution in [2.75, 3.05) is 32.1 Å². The Hall–Kier alpha value is -3.82. The zero-order chi connectivity index (χ0) is 24.5. The van der Waals surface area contributed by atoms with Crippen LogP contribution < -0.4 is 4.90 Å². The van der Waals surface area contributed by atoms with Gasteiger partial charge in [-0.25, -0.2) is 19.6 Å². The highest BCUT2D eigenvalue weighted by Gasteiger charge is 2.24.